The van der Waals surface area contributed by atoms with Crippen LogP contribution in [-0.2, 0) is 21.6 Å². The number of alkyl carbamates (subject to hydrolysis) is 1. The number of rotatable bonds is 8. The summed E-state index contributed by atoms with van der Waals surface area (Å²) in [7, 11) is 1.23. The van der Waals surface area contributed by atoms with Crippen molar-refractivity contribution in [3.05, 3.63) is 78.5 Å². The third kappa shape index (κ3) is 7.30. The number of nitrogens with zero attached hydrogens (tertiary/aromatic N) is 8. The lowest BCUT2D eigenvalue weighted by atomic mass is 9.85. The number of alkyl halides is 2. The monoisotopic (exact) mass is 692 g/mol. The van der Waals surface area contributed by atoms with E-state index in [1.54, 1.807) is 50.0 Å². The minimum atomic E-state index is -2.86. The van der Waals surface area contributed by atoms with Gasteiger partial charge in [0.2, 0.25) is 0 Å². The number of hydrogen-bond acceptors (Lipinski definition) is 10. The number of carbonyl (C=O) groups is 2. The predicted octanol–water partition coefficient (Wildman–Crippen LogP) is 5.87. The van der Waals surface area contributed by atoms with E-state index in [0.29, 0.717) is 52.2 Å². The molecule has 0 aliphatic carbocycles. The van der Waals surface area contributed by atoms with E-state index < -0.39 is 29.9 Å². The maximum Gasteiger partial charge on any atom is 0.413 e. The van der Waals surface area contributed by atoms with Crippen molar-refractivity contribution in [2.45, 2.75) is 57.8 Å². The van der Waals surface area contributed by atoms with Gasteiger partial charge in [-0.15, -0.1) is 0 Å². The van der Waals surface area contributed by atoms with E-state index in [9.17, 15) is 22.8 Å². The van der Waals surface area contributed by atoms with E-state index in [4.69, 9.17) is 14.5 Å². The quantitative estimate of drug-likeness (QED) is 0.202. The van der Waals surface area contributed by atoms with Crippen LogP contribution in [-0.4, -0.2) is 72.3 Å². The molecule has 4 aromatic heterocycles. The highest BCUT2D eigenvalue weighted by Crippen LogP contribution is 2.36. The first-order chi connectivity index (χ1) is 23.8. The van der Waals surface area contributed by atoms with Crippen molar-refractivity contribution in [1.82, 2.24) is 39.6 Å². The molecular weight excluding hydrogens is 657 g/mol. The molecule has 50 heavy (non-hydrogen) atoms. The molecular formula is C33H35F3N10O4. The number of carbonyl (C=O) groups excluding carboxylic acids is 2. The summed E-state index contributed by atoms with van der Waals surface area (Å²) < 4.78 is 53.5. The normalized spacial score (nSPS) is 16.4. The van der Waals surface area contributed by atoms with Crippen LogP contribution in [0.3, 0.4) is 0 Å². The van der Waals surface area contributed by atoms with E-state index >= 15 is 0 Å². The third-order valence-corrected chi connectivity index (χ3v) is 8.13. The molecule has 2 amide bonds. The lowest BCUT2D eigenvalue weighted by Crippen LogP contribution is -2.57. The van der Waals surface area contributed by atoms with Crippen molar-refractivity contribution < 1.29 is 32.2 Å². The maximum absolute atomic E-state index is 13.8. The van der Waals surface area contributed by atoms with Gasteiger partial charge in [-0.3, -0.25) is 10.3 Å². The number of halogens is 3. The molecule has 1 atom stereocenters. The molecule has 1 fully saturated rings. The fourth-order valence-corrected chi connectivity index (χ4v) is 5.94. The van der Waals surface area contributed by atoms with E-state index in [1.165, 1.54) is 37.8 Å². The number of piperidine rings is 1. The van der Waals surface area contributed by atoms with Crippen LogP contribution >= 0.6 is 0 Å². The fourth-order valence-electron chi connectivity index (χ4n) is 5.94. The van der Waals surface area contributed by atoms with Crippen LogP contribution in [0, 0.1) is 5.82 Å². The Kier molecular flexibility index (Phi) is 9.31. The molecule has 0 spiro atoms. The Morgan fingerprint density at radius 3 is 2.54 bits per heavy atom. The Morgan fingerprint density at radius 2 is 1.84 bits per heavy atom. The second-order valence-corrected chi connectivity index (χ2v) is 12.8. The van der Waals surface area contributed by atoms with Gasteiger partial charge in [0, 0.05) is 24.8 Å². The van der Waals surface area contributed by atoms with Gasteiger partial charge >= 0.3 is 18.7 Å². The maximum atomic E-state index is 13.8. The summed E-state index contributed by atoms with van der Waals surface area (Å²) in [5, 5.41) is 9.60. The van der Waals surface area contributed by atoms with Crippen molar-refractivity contribution >= 4 is 34.9 Å². The topological polar surface area (TPSA) is 154 Å². The highest BCUT2D eigenvalue weighted by molar-refractivity contribution is 5.93. The van der Waals surface area contributed by atoms with Gasteiger partial charge in [0.05, 0.1) is 43.3 Å². The minimum Gasteiger partial charge on any atom is -0.453 e. The van der Waals surface area contributed by atoms with Gasteiger partial charge in [0.25, 0.3) is 0 Å². The van der Waals surface area contributed by atoms with Gasteiger partial charge in [-0.05, 0) is 75.6 Å². The fraction of sp³-hybridized carbons (Fsp3) is 0.364. The molecule has 0 radical (unpaired) electrons. The molecule has 1 saturated heterocycles. The van der Waals surface area contributed by atoms with Crippen molar-refractivity contribution in [1.29, 1.82) is 0 Å². The Morgan fingerprint density at radius 1 is 1.06 bits per heavy atom. The van der Waals surface area contributed by atoms with E-state index in [2.05, 4.69) is 30.7 Å². The Hall–Kier alpha value is -5.74. The first-order valence-corrected chi connectivity index (χ1v) is 15.7. The zero-order valence-electron chi connectivity index (χ0n) is 27.7. The SMILES string of the molecule is COC(=O)NC1(c2ccn(C(F)F)n2)CCCN(c2cnc(-c3ccc(F)cc3)cc2Cn2cnc3c(NC(=O)OC(C)(C)C)ncnc32)C1. The summed E-state index contributed by atoms with van der Waals surface area (Å²) >= 11 is 0. The summed E-state index contributed by atoms with van der Waals surface area (Å²) in [5.74, 6) is -0.217. The van der Waals surface area contributed by atoms with E-state index in [0.717, 1.165) is 5.56 Å². The summed E-state index contributed by atoms with van der Waals surface area (Å²) in [4.78, 5) is 44.9. The predicted molar refractivity (Wildman–Crippen MR) is 176 cm³/mol. The summed E-state index contributed by atoms with van der Waals surface area (Å²) in [5.41, 5.74) is 1.81. The van der Waals surface area contributed by atoms with Crippen molar-refractivity contribution in [3.63, 3.8) is 0 Å². The van der Waals surface area contributed by atoms with Gasteiger partial charge < -0.3 is 24.3 Å². The van der Waals surface area contributed by atoms with Gasteiger partial charge in [0.15, 0.2) is 17.0 Å². The number of aromatic nitrogens is 7. The second kappa shape index (κ2) is 13.6. The molecule has 17 heteroatoms. The number of benzene rings is 1. The zero-order valence-corrected chi connectivity index (χ0v) is 27.7. The Labute approximate surface area is 284 Å². The molecule has 1 aromatic carbocycles. The van der Waals surface area contributed by atoms with Crippen LogP contribution in [0.1, 0.15) is 51.4 Å². The number of nitrogens with one attached hydrogen (secondary N) is 2. The molecule has 0 saturated carbocycles. The number of methoxy groups -OCH3 is 1. The van der Waals surface area contributed by atoms with E-state index in [-0.39, 0.29) is 30.4 Å². The lowest BCUT2D eigenvalue weighted by Gasteiger charge is -2.43. The molecule has 1 aliphatic heterocycles. The van der Waals surface area contributed by atoms with Gasteiger partial charge in [0.1, 0.15) is 23.3 Å². The standard InChI is InChI=1S/C33H35F3N10O4/c1-32(2,3)50-30(47)41-27-26-28(39-18-38-27)45(19-40-26)16-21-14-23(20-6-8-22(34)9-7-20)37-15-24(21)44-12-5-11-33(17-44,42-31(48)49-4)25-10-13-46(43-25)29(35)36/h6-10,13-15,18-19,29H,5,11-12,16-17H2,1-4H3,(H,42,48)(H,38,39,41,47). The summed E-state index contributed by atoms with van der Waals surface area (Å²) in [6, 6.07) is 9.27. The van der Waals surface area contributed by atoms with Crippen molar-refractivity contribution in [2.75, 3.05) is 30.4 Å². The molecule has 1 aliphatic rings. The number of imidazole rings is 1. The number of ether oxygens (including phenoxy) is 2. The highest BCUT2D eigenvalue weighted by Gasteiger charge is 2.42. The lowest BCUT2D eigenvalue weighted by molar-refractivity contribution is 0.0551. The van der Waals surface area contributed by atoms with Gasteiger partial charge in [-0.2, -0.15) is 13.9 Å². The van der Waals surface area contributed by atoms with Crippen LogP contribution in [0.15, 0.2) is 61.4 Å². The largest absolute Gasteiger partial charge is 0.453 e. The van der Waals surface area contributed by atoms with Gasteiger partial charge in [-0.1, -0.05) is 0 Å². The van der Waals surface area contributed by atoms with Crippen LogP contribution in [0.4, 0.5) is 34.3 Å². The number of fused-ring (bicyclic) bond motifs is 1. The zero-order chi connectivity index (χ0) is 35.6. The molecule has 262 valence electrons. The minimum absolute atomic E-state index is 0.156. The number of amides is 2. The smallest absolute Gasteiger partial charge is 0.413 e. The first kappa shape index (κ1) is 34.1. The van der Waals surface area contributed by atoms with E-state index in [1.807, 2.05) is 11.0 Å². The van der Waals surface area contributed by atoms with Crippen LogP contribution in [0.25, 0.3) is 22.4 Å². The molecule has 14 nitrogen and oxygen atoms in total. The third-order valence-electron chi connectivity index (χ3n) is 8.13. The summed E-state index contributed by atoms with van der Waals surface area (Å²) in [6.45, 7) is 3.30. The van der Waals surface area contributed by atoms with Crippen molar-refractivity contribution in [3.8, 4) is 11.3 Å². The molecule has 0 bridgehead atoms. The Bertz CT molecular complexity index is 2010. The number of anilines is 2. The molecule has 2 N–H and O–H groups in total. The number of pyridine rings is 1. The van der Waals surface area contributed by atoms with Crippen molar-refractivity contribution in [2.24, 2.45) is 0 Å². The summed E-state index contributed by atoms with van der Waals surface area (Å²) in [6.07, 6.45) is 5.27. The second-order valence-electron chi connectivity index (χ2n) is 12.8. The van der Waals surface area contributed by atoms with Crippen LogP contribution in [0.2, 0.25) is 0 Å². The van der Waals surface area contributed by atoms with Crippen LogP contribution in [0.5, 0.6) is 0 Å². The average molecular weight is 693 g/mol. The molecule has 1 unspecified atom stereocenters. The van der Waals surface area contributed by atoms with Crippen LogP contribution < -0.4 is 15.5 Å². The number of hydrogen-bond donors (Lipinski definition) is 2. The molecule has 5 heterocycles. The average Bonchev–Trinajstić information content (AvgIpc) is 3.74. The molecule has 5 aromatic rings. The van der Waals surface area contributed by atoms with Gasteiger partial charge in [-0.25, -0.2) is 33.6 Å². The Balaban J connectivity index is 1.39. The first-order valence-electron chi connectivity index (χ1n) is 15.7. The molecule has 6 rings (SSSR count). The highest BCUT2D eigenvalue weighted by atomic mass is 19.3.